The van der Waals surface area contributed by atoms with Crippen LogP contribution in [0.4, 0.5) is 5.69 Å². The first-order chi connectivity index (χ1) is 10.2. The van der Waals surface area contributed by atoms with Crippen molar-refractivity contribution in [2.24, 2.45) is 5.10 Å². The van der Waals surface area contributed by atoms with E-state index in [0.29, 0.717) is 6.04 Å². The number of anilines is 1. The predicted molar refractivity (Wildman–Crippen MR) is 93.2 cm³/mol. The molecule has 0 spiro atoms. The zero-order valence-electron chi connectivity index (χ0n) is 14.3. The first-order valence-electron chi connectivity index (χ1n) is 7.65. The summed E-state index contributed by atoms with van der Waals surface area (Å²) in [6.45, 7) is 12.5. The Balaban J connectivity index is 2.43. The average Bonchev–Trinajstić information content (AvgIpc) is 2.37. The van der Waals surface area contributed by atoms with Crippen molar-refractivity contribution in [1.82, 2.24) is 5.43 Å². The van der Waals surface area contributed by atoms with E-state index in [1.54, 1.807) is 6.21 Å². The number of fused-ring (bicyclic) bond motifs is 1. The van der Waals surface area contributed by atoms with Gasteiger partial charge in [0.05, 0.1) is 11.8 Å². The van der Waals surface area contributed by atoms with Gasteiger partial charge in [-0.25, -0.2) is 5.43 Å². The Labute approximate surface area is 132 Å². The Morgan fingerprint density at radius 3 is 2.64 bits per heavy atom. The third kappa shape index (κ3) is 3.21. The van der Waals surface area contributed by atoms with Crippen LogP contribution < -0.4 is 10.3 Å². The molecule has 1 aromatic carbocycles. The minimum atomic E-state index is -0.169. The number of hydrogen-bond donors (Lipinski definition) is 1. The third-order valence-electron chi connectivity index (χ3n) is 3.85. The van der Waals surface area contributed by atoms with Gasteiger partial charge in [0.15, 0.2) is 0 Å². The maximum Gasteiger partial charge on any atom is 0.236 e. The van der Waals surface area contributed by atoms with E-state index in [-0.39, 0.29) is 11.4 Å². The fraction of sp³-hybridized carbons (Fsp3) is 0.444. The number of carbonyl (C=O) groups is 1. The zero-order chi connectivity index (χ0) is 16.5. The number of benzene rings is 1. The number of amides is 1. The number of nitrogens with zero attached hydrogens (tertiary/aromatic N) is 2. The summed E-state index contributed by atoms with van der Waals surface area (Å²) in [7, 11) is 0. The maximum atomic E-state index is 10.9. The second kappa shape index (κ2) is 5.95. The molecule has 4 nitrogen and oxygen atoms in total. The van der Waals surface area contributed by atoms with E-state index in [9.17, 15) is 4.79 Å². The maximum absolute atomic E-state index is 10.9. The van der Waals surface area contributed by atoms with Crippen LogP contribution in [0.2, 0.25) is 0 Å². The molecule has 0 saturated carbocycles. The van der Waals surface area contributed by atoms with Crippen molar-refractivity contribution in [3.05, 3.63) is 35.4 Å². The molecule has 0 fully saturated rings. The van der Waals surface area contributed by atoms with Gasteiger partial charge in [-0.2, -0.15) is 5.10 Å². The fourth-order valence-electron chi connectivity index (χ4n) is 3.29. The lowest BCUT2D eigenvalue weighted by Crippen LogP contribution is -2.49. The van der Waals surface area contributed by atoms with Crippen LogP contribution >= 0.6 is 0 Å². The summed E-state index contributed by atoms with van der Waals surface area (Å²) in [5.41, 5.74) is 7.14. The minimum Gasteiger partial charge on any atom is -0.360 e. The first-order valence-corrected chi connectivity index (χ1v) is 7.65. The molecule has 0 unspecified atom stereocenters. The summed E-state index contributed by atoms with van der Waals surface area (Å²) in [6, 6.07) is 6.71. The summed E-state index contributed by atoms with van der Waals surface area (Å²) < 4.78 is 0. The van der Waals surface area contributed by atoms with E-state index in [2.05, 4.69) is 68.3 Å². The quantitative estimate of drug-likeness (QED) is 0.685. The van der Waals surface area contributed by atoms with Crippen LogP contribution in [0.15, 0.2) is 29.4 Å². The van der Waals surface area contributed by atoms with Crippen LogP contribution in [0.1, 0.15) is 52.7 Å². The van der Waals surface area contributed by atoms with Crippen molar-refractivity contribution in [2.75, 3.05) is 4.90 Å². The summed E-state index contributed by atoms with van der Waals surface area (Å²) in [4.78, 5) is 13.3. The first kappa shape index (κ1) is 16.3. The molecular formula is C18H25N3O. The van der Waals surface area contributed by atoms with Gasteiger partial charge in [0, 0.05) is 24.2 Å². The van der Waals surface area contributed by atoms with E-state index in [1.165, 1.54) is 23.7 Å². The average molecular weight is 299 g/mol. The molecule has 1 aromatic rings. The lowest BCUT2D eigenvalue weighted by atomic mass is 9.87. The van der Waals surface area contributed by atoms with E-state index in [4.69, 9.17) is 0 Å². The van der Waals surface area contributed by atoms with Gasteiger partial charge in [0.2, 0.25) is 5.91 Å². The van der Waals surface area contributed by atoms with Crippen molar-refractivity contribution in [1.29, 1.82) is 0 Å². The zero-order valence-corrected chi connectivity index (χ0v) is 14.3. The Morgan fingerprint density at radius 1 is 1.36 bits per heavy atom. The molecule has 0 saturated heterocycles. The van der Waals surface area contributed by atoms with Crippen molar-refractivity contribution < 1.29 is 4.79 Å². The number of nitrogens with one attached hydrogen (secondary N) is 1. The summed E-state index contributed by atoms with van der Waals surface area (Å²) in [5.74, 6) is -0.169. The van der Waals surface area contributed by atoms with Crippen molar-refractivity contribution >= 4 is 23.4 Å². The smallest absolute Gasteiger partial charge is 0.236 e. The molecule has 1 aliphatic heterocycles. The largest absolute Gasteiger partial charge is 0.360 e. The number of allylic oxidation sites excluding steroid dienone is 1. The molecule has 4 heteroatoms. The van der Waals surface area contributed by atoms with Crippen LogP contribution in [0.5, 0.6) is 0 Å². The molecule has 0 aromatic heterocycles. The van der Waals surface area contributed by atoms with Gasteiger partial charge in [-0.3, -0.25) is 4.79 Å². The highest BCUT2D eigenvalue weighted by atomic mass is 16.2. The Hall–Kier alpha value is -2.10. The molecule has 0 aliphatic carbocycles. The van der Waals surface area contributed by atoms with E-state index in [0.717, 1.165) is 5.56 Å². The van der Waals surface area contributed by atoms with Crippen LogP contribution in [-0.2, 0) is 4.79 Å². The van der Waals surface area contributed by atoms with Gasteiger partial charge in [-0.1, -0.05) is 12.1 Å². The molecule has 1 heterocycles. The number of hydrazone groups is 1. The monoisotopic (exact) mass is 299 g/mol. The summed E-state index contributed by atoms with van der Waals surface area (Å²) in [5, 5.41) is 3.94. The molecule has 0 bridgehead atoms. The molecular weight excluding hydrogens is 274 g/mol. The van der Waals surface area contributed by atoms with Crippen molar-refractivity contribution in [2.45, 2.75) is 53.1 Å². The number of rotatable bonds is 3. The summed E-state index contributed by atoms with van der Waals surface area (Å²) >= 11 is 0. The van der Waals surface area contributed by atoms with Crippen molar-refractivity contribution in [3.63, 3.8) is 0 Å². The Kier molecular flexibility index (Phi) is 4.40. The standard InChI is InChI=1S/C18H25N3O/c1-12(2)21-17-8-7-15(11-19-20-14(4)22)9-16(17)13(3)10-18(21,5)6/h7-12H,1-6H3,(H,20,22)/b19-11-. The highest BCUT2D eigenvalue weighted by Crippen LogP contribution is 2.40. The van der Waals surface area contributed by atoms with Crippen molar-refractivity contribution in [3.8, 4) is 0 Å². The van der Waals surface area contributed by atoms with E-state index < -0.39 is 0 Å². The highest BCUT2D eigenvalue weighted by Gasteiger charge is 2.32. The molecule has 0 radical (unpaired) electrons. The SMILES string of the molecule is CC(=O)N/N=C\c1ccc2c(c1)C(C)=CC(C)(C)N2C(C)C. The molecule has 1 aliphatic rings. The van der Waals surface area contributed by atoms with E-state index in [1.807, 2.05) is 6.07 Å². The second-order valence-electron chi connectivity index (χ2n) is 6.65. The number of carbonyl (C=O) groups excluding carboxylic acids is 1. The fourth-order valence-corrected chi connectivity index (χ4v) is 3.29. The topological polar surface area (TPSA) is 44.7 Å². The molecule has 0 atom stereocenters. The van der Waals surface area contributed by atoms with Gasteiger partial charge in [0.25, 0.3) is 0 Å². The van der Waals surface area contributed by atoms with E-state index >= 15 is 0 Å². The molecule has 118 valence electrons. The van der Waals surface area contributed by atoms with Crippen LogP contribution in [0.3, 0.4) is 0 Å². The normalized spacial score (nSPS) is 16.7. The lowest BCUT2D eigenvalue weighted by molar-refractivity contribution is -0.118. The van der Waals surface area contributed by atoms with Crippen LogP contribution in [-0.4, -0.2) is 23.7 Å². The van der Waals surface area contributed by atoms with Crippen LogP contribution in [0.25, 0.3) is 5.57 Å². The van der Waals surface area contributed by atoms with Gasteiger partial charge >= 0.3 is 0 Å². The van der Waals surface area contributed by atoms with Gasteiger partial charge in [-0.05, 0) is 57.9 Å². The van der Waals surface area contributed by atoms with Gasteiger partial charge in [-0.15, -0.1) is 0 Å². The third-order valence-corrected chi connectivity index (χ3v) is 3.85. The Morgan fingerprint density at radius 2 is 2.05 bits per heavy atom. The summed E-state index contributed by atoms with van der Waals surface area (Å²) in [6.07, 6.45) is 3.98. The minimum absolute atomic E-state index is 0.00294. The number of hydrogen-bond acceptors (Lipinski definition) is 3. The molecule has 2 rings (SSSR count). The molecule has 1 amide bonds. The van der Waals surface area contributed by atoms with Gasteiger partial charge < -0.3 is 4.90 Å². The second-order valence-corrected chi connectivity index (χ2v) is 6.65. The van der Waals surface area contributed by atoms with Crippen LogP contribution in [0, 0.1) is 0 Å². The molecule has 1 N–H and O–H groups in total. The lowest BCUT2D eigenvalue weighted by Gasteiger charge is -2.46. The molecule has 22 heavy (non-hydrogen) atoms. The predicted octanol–water partition coefficient (Wildman–Crippen LogP) is 3.57. The Bertz CT molecular complexity index is 642. The highest BCUT2D eigenvalue weighted by molar-refractivity contribution is 5.88. The van der Waals surface area contributed by atoms with Gasteiger partial charge in [0.1, 0.15) is 0 Å².